The Bertz CT molecular complexity index is 1490. The molecule has 13 nitrogen and oxygen atoms in total. The van der Waals surface area contributed by atoms with Crippen LogP contribution < -0.4 is 16.6 Å². The van der Waals surface area contributed by atoms with Crippen LogP contribution in [0.3, 0.4) is 0 Å². The Morgan fingerprint density at radius 1 is 1.08 bits per heavy atom. The van der Waals surface area contributed by atoms with Crippen LogP contribution in [-0.4, -0.2) is 54.0 Å². The molecule has 0 aliphatic carbocycles. The number of rotatable bonds is 23. The number of aromatic nitrogens is 2. The van der Waals surface area contributed by atoms with Crippen LogP contribution in [0.2, 0.25) is 0 Å². The standard InChI is InChI=1S/C34H51N6O7P/c1-4-5-6-7-8-9-10-11-12-13-14-15-16-17-18-19-20-22-31(41)36-23-21-24-48(44,45-3)46-27-30-29(38-39-35)25-32(47-30)40-26-28(2)33(42)37-34(40)43/h5-6,8-9,11-12,14-15,17-18,26,29-30,32H,4,7,10,13,16,19-25,27H2,1-3H3,(H,36,41)(H,37,42,43)/b6-5-,9-8-,12-11-,15-14-,18-17-/t29-,30+,32?,48?/m0/s1. The highest BCUT2D eigenvalue weighted by Gasteiger charge is 2.38. The average molecular weight is 687 g/mol. The number of azide groups is 1. The molecule has 1 aliphatic rings. The second kappa shape index (κ2) is 23.6. The summed E-state index contributed by atoms with van der Waals surface area (Å²) in [4.78, 5) is 41.3. The summed E-state index contributed by atoms with van der Waals surface area (Å²) in [6.45, 7) is 3.80. The first-order chi connectivity index (χ1) is 23.2. The van der Waals surface area contributed by atoms with Gasteiger partial charge in [0.05, 0.1) is 24.9 Å². The van der Waals surface area contributed by atoms with Crippen LogP contribution >= 0.6 is 7.60 Å². The maximum absolute atomic E-state index is 13.2. The number of carbonyl (C=O) groups excluding carboxylic acids is 1. The molecule has 1 amide bonds. The predicted octanol–water partition coefficient (Wildman–Crippen LogP) is 7.10. The number of aromatic amines is 1. The summed E-state index contributed by atoms with van der Waals surface area (Å²) >= 11 is 0. The molecule has 14 heteroatoms. The predicted molar refractivity (Wildman–Crippen MR) is 189 cm³/mol. The molecule has 0 aromatic carbocycles. The number of allylic oxidation sites excluding steroid dienone is 10. The highest BCUT2D eigenvalue weighted by atomic mass is 31.2. The molecular weight excluding hydrogens is 635 g/mol. The minimum atomic E-state index is -3.53. The van der Waals surface area contributed by atoms with E-state index in [2.05, 4.69) is 88.0 Å². The fourth-order valence-corrected chi connectivity index (χ4v) is 6.09. The van der Waals surface area contributed by atoms with Crippen LogP contribution in [0.25, 0.3) is 10.4 Å². The van der Waals surface area contributed by atoms with Gasteiger partial charge in [-0.05, 0) is 63.8 Å². The van der Waals surface area contributed by atoms with Gasteiger partial charge in [-0.1, -0.05) is 72.8 Å². The normalized spacial score (nSPS) is 19.6. The number of nitrogens with one attached hydrogen (secondary N) is 2. The maximum Gasteiger partial charge on any atom is 0.330 e. The molecule has 2 rings (SSSR count). The molecule has 2 heterocycles. The van der Waals surface area contributed by atoms with Crippen molar-refractivity contribution in [1.82, 2.24) is 14.9 Å². The smallest absolute Gasteiger partial charge is 0.330 e. The summed E-state index contributed by atoms with van der Waals surface area (Å²) < 4.78 is 31.1. The molecule has 2 N–H and O–H groups in total. The Labute approximate surface area is 283 Å². The second-order valence-electron chi connectivity index (χ2n) is 11.2. The number of hydrogen-bond acceptors (Lipinski definition) is 8. The minimum absolute atomic E-state index is 0.0602. The largest absolute Gasteiger partial charge is 0.356 e. The number of hydrogen-bond donors (Lipinski definition) is 2. The molecule has 1 aliphatic heterocycles. The molecule has 1 fully saturated rings. The van der Waals surface area contributed by atoms with Crippen molar-refractivity contribution in [3.63, 3.8) is 0 Å². The fourth-order valence-electron chi connectivity index (χ4n) is 4.76. The highest BCUT2D eigenvalue weighted by molar-refractivity contribution is 7.53. The van der Waals surface area contributed by atoms with E-state index in [0.29, 0.717) is 24.9 Å². The lowest BCUT2D eigenvalue weighted by Crippen LogP contribution is -2.33. The van der Waals surface area contributed by atoms with Gasteiger partial charge in [0, 0.05) is 43.2 Å². The lowest BCUT2D eigenvalue weighted by atomic mass is 10.1. The van der Waals surface area contributed by atoms with Crippen molar-refractivity contribution < 1.29 is 23.1 Å². The van der Waals surface area contributed by atoms with Crippen LogP contribution in [0.4, 0.5) is 0 Å². The number of nitrogens with zero attached hydrogens (tertiary/aromatic N) is 4. The quantitative estimate of drug-likeness (QED) is 0.0308. The number of carbonyl (C=O) groups is 1. The maximum atomic E-state index is 13.2. The van der Waals surface area contributed by atoms with E-state index >= 15 is 0 Å². The summed E-state index contributed by atoms with van der Waals surface area (Å²) in [6.07, 6.45) is 28.6. The zero-order valence-electron chi connectivity index (χ0n) is 28.4. The van der Waals surface area contributed by atoms with E-state index in [1.165, 1.54) is 17.9 Å². The van der Waals surface area contributed by atoms with Gasteiger partial charge in [-0.2, -0.15) is 0 Å². The first kappa shape index (κ1) is 40.4. The summed E-state index contributed by atoms with van der Waals surface area (Å²) in [5, 5.41) is 6.58. The Morgan fingerprint density at radius 2 is 1.71 bits per heavy atom. The summed E-state index contributed by atoms with van der Waals surface area (Å²) in [6, 6.07) is -0.696. The van der Waals surface area contributed by atoms with Gasteiger partial charge in [0.15, 0.2) is 0 Å². The number of amides is 1. The van der Waals surface area contributed by atoms with E-state index in [1.54, 1.807) is 6.92 Å². The van der Waals surface area contributed by atoms with Crippen molar-refractivity contribution in [2.45, 2.75) is 96.4 Å². The van der Waals surface area contributed by atoms with Gasteiger partial charge in [0.1, 0.15) is 6.23 Å². The summed E-state index contributed by atoms with van der Waals surface area (Å²) in [5.74, 6) is -0.0779. The number of unbranched alkanes of at least 4 members (excludes halogenated alkanes) is 1. The van der Waals surface area contributed by atoms with Gasteiger partial charge in [0.2, 0.25) is 5.91 Å². The van der Waals surface area contributed by atoms with E-state index in [1.807, 2.05) is 0 Å². The van der Waals surface area contributed by atoms with Crippen molar-refractivity contribution in [2.24, 2.45) is 5.11 Å². The fraction of sp³-hybridized carbons (Fsp3) is 0.559. The zero-order chi connectivity index (χ0) is 35.0. The molecule has 0 spiro atoms. The number of H-pyrrole nitrogens is 1. The third kappa shape index (κ3) is 15.9. The van der Waals surface area contributed by atoms with Crippen LogP contribution in [0.5, 0.6) is 0 Å². The molecule has 2 unspecified atom stereocenters. The average Bonchev–Trinajstić information content (AvgIpc) is 3.47. The molecule has 0 saturated carbocycles. The van der Waals surface area contributed by atoms with Crippen molar-refractivity contribution in [2.75, 3.05) is 26.4 Å². The summed E-state index contributed by atoms with van der Waals surface area (Å²) in [5.41, 5.74) is 8.16. The molecule has 4 atom stereocenters. The van der Waals surface area contributed by atoms with Gasteiger partial charge in [-0.15, -0.1) is 0 Å². The van der Waals surface area contributed by atoms with Crippen LogP contribution in [-0.2, 0) is 23.1 Å². The van der Waals surface area contributed by atoms with Gasteiger partial charge in [-0.25, -0.2) is 4.79 Å². The molecule has 0 radical (unpaired) electrons. The molecule has 1 saturated heterocycles. The molecule has 264 valence electrons. The van der Waals surface area contributed by atoms with Crippen LogP contribution in [0.15, 0.2) is 81.7 Å². The Hall–Kier alpha value is -3.73. The van der Waals surface area contributed by atoms with Crippen LogP contribution in [0.1, 0.15) is 82.9 Å². The van der Waals surface area contributed by atoms with Gasteiger partial charge < -0.3 is 19.1 Å². The van der Waals surface area contributed by atoms with Crippen LogP contribution in [0, 0.1) is 6.92 Å². The number of ether oxygens (including phenoxy) is 1. The van der Waals surface area contributed by atoms with Crippen molar-refractivity contribution in [3.05, 3.63) is 104 Å². The van der Waals surface area contributed by atoms with Gasteiger partial charge in [0.25, 0.3) is 5.56 Å². The van der Waals surface area contributed by atoms with E-state index < -0.39 is 37.2 Å². The van der Waals surface area contributed by atoms with E-state index in [4.69, 9.17) is 19.3 Å². The Morgan fingerprint density at radius 3 is 2.31 bits per heavy atom. The molecule has 48 heavy (non-hydrogen) atoms. The minimum Gasteiger partial charge on any atom is -0.356 e. The Balaban J connectivity index is 1.62. The van der Waals surface area contributed by atoms with Gasteiger partial charge in [-0.3, -0.25) is 23.7 Å². The van der Waals surface area contributed by atoms with Crippen molar-refractivity contribution >= 4 is 13.5 Å². The molecule has 1 aromatic rings. The first-order valence-electron chi connectivity index (χ1n) is 16.6. The molecule has 0 bridgehead atoms. The highest BCUT2D eigenvalue weighted by Crippen LogP contribution is 2.48. The van der Waals surface area contributed by atoms with E-state index in [9.17, 15) is 18.9 Å². The van der Waals surface area contributed by atoms with Crippen molar-refractivity contribution in [1.29, 1.82) is 0 Å². The topological polar surface area (TPSA) is 177 Å². The summed E-state index contributed by atoms with van der Waals surface area (Å²) in [7, 11) is -2.26. The monoisotopic (exact) mass is 686 g/mol. The second-order valence-corrected chi connectivity index (χ2v) is 13.5. The molecular formula is C34H51N6O7P. The first-order valence-corrected chi connectivity index (χ1v) is 18.3. The van der Waals surface area contributed by atoms with Gasteiger partial charge >= 0.3 is 13.3 Å². The zero-order valence-corrected chi connectivity index (χ0v) is 29.3. The van der Waals surface area contributed by atoms with E-state index in [-0.39, 0.29) is 25.1 Å². The lowest BCUT2D eigenvalue weighted by molar-refractivity contribution is -0.121. The SMILES string of the molecule is CC/C=C\C/C=C\C/C=C\C/C=C\C/C=C\CCCC(=O)NCCCP(=O)(OC)OC[C@H]1OC(n2cc(C)c(=O)[nH]c2=O)C[C@@H]1N=[N+]=[N-]. The molecule has 1 aromatic heterocycles. The third-order valence-corrected chi connectivity index (χ3v) is 9.40. The number of aryl methyl sites for hydroxylation is 1. The van der Waals surface area contributed by atoms with E-state index in [0.717, 1.165) is 44.9 Å². The third-order valence-electron chi connectivity index (χ3n) is 7.44. The lowest BCUT2D eigenvalue weighted by Gasteiger charge is -2.21. The Kier molecular flexibility index (Phi) is 19.9. The van der Waals surface area contributed by atoms with Crippen molar-refractivity contribution in [3.8, 4) is 0 Å².